The van der Waals surface area contributed by atoms with E-state index in [1.54, 1.807) is 43.0 Å². The molecule has 2 aromatic rings. The van der Waals surface area contributed by atoms with Crippen LogP contribution in [0, 0.1) is 13.8 Å². The van der Waals surface area contributed by atoms with Crippen molar-refractivity contribution in [3.63, 3.8) is 0 Å². The van der Waals surface area contributed by atoms with Crippen LogP contribution in [0.25, 0.3) is 0 Å². The van der Waals surface area contributed by atoms with Crippen LogP contribution in [0.2, 0.25) is 0 Å². The molecule has 1 heterocycles. The SMILES string of the molecule is CSCC[C@H](NC(=O)c1cccc(C)c1)C(=O)OCC(=O)Nc1cc(C)on1. The van der Waals surface area contributed by atoms with E-state index in [1.807, 2.05) is 19.2 Å². The van der Waals surface area contributed by atoms with E-state index in [0.29, 0.717) is 23.5 Å². The summed E-state index contributed by atoms with van der Waals surface area (Å²) in [6.07, 6.45) is 2.29. The van der Waals surface area contributed by atoms with E-state index in [4.69, 9.17) is 9.26 Å². The minimum absolute atomic E-state index is 0.241. The lowest BCUT2D eigenvalue weighted by Crippen LogP contribution is -2.43. The van der Waals surface area contributed by atoms with Crippen LogP contribution in [0.1, 0.15) is 28.1 Å². The highest BCUT2D eigenvalue weighted by molar-refractivity contribution is 7.98. The number of aryl methyl sites for hydroxylation is 2. The maximum absolute atomic E-state index is 12.4. The summed E-state index contributed by atoms with van der Waals surface area (Å²) in [6, 6.07) is 7.76. The molecule has 0 radical (unpaired) electrons. The highest BCUT2D eigenvalue weighted by Crippen LogP contribution is 2.09. The Morgan fingerprint density at radius 3 is 2.68 bits per heavy atom. The molecule has 2 amide bonds. The summed E-state index contributed by atoms with van der Waals surface area (Å²) >= 11 is 1.54. The van der Waals surface area contributed by atoms with E-state index in [-0.39, 0.29) is 11.7 Å². The third kappa shape index (κ3) is 6.73. The van der Waals surface area contributed by atoms with Gasteiger partial charge >= 0.3 is 5.97 Å². The average molecular weight is 405 g/mol. The fraction of sp³-hybridized carbons (Fsp3) is 0.368. The topological polar surface area (TPSA) is 111 Å². The molecule has 0 unspecified atom stereocenters. The number of hydrogen-bond donors (Lipinski definition) is 2. The number of nitrogens with zero attached hydrogens (tertiary/aromatic N) is 1. The molecule has 8 nitrogen and oxygen atoms in total. The van der Waals surface area contributed by atoms with Gasteiger partial charge in [0.25, 0.3) is 11.8 Å². The zero-order valence-electron chi connectivity index (χ0n) is 16.0. The first kappa shape index (κ1) is 21.5. The van der Waals surface area contributed by atoms with E-state index in [1.165, 1.54) is 0 Å². The number of amides is 2. The number of hydrogen-bond acceptors (Lipinski definition) is 7. The molecular formula is C19H23N3O5S. The van der Waals surface area contributed by atoms with Gasteiger partial charge in [-0.15, -0.1) is 0 Å². The highest BCUT2D eigenvalue weighted by Gasteiger charge is 2.23. The standard InChI is InChI=1S/C19H23N3O5S/c1-12-5-4-6-14(9-12)18(24)20-15(7-8-28-3)19(25)26-11-17(23)21-16-10-13(2)27-22-16/h4-6,9-10,15H,7-8,11H2,1-3H3,(H,20,24)(H,21,22,23)/t15-/m0/s1. The van der Waals surface area contributed by atoms with Gasteiger partial charge in [0.1, 0.15) is 11.8 Å². The lowest BCUT2D eigenvalue weighted by atomic mass is 10.1. The van der Waals surface area contributed by atoms with E-state index in [0.717, 1.165) is 5.56 Å². The molecule has 0 aliphatic carbocycles. The molecule has 0 saturated heterocycles. The Hall–Kier alpha value is -2.81. The minimum Gasteiger partial charge on any atom is -0.454 e. The number of nitrogens with one attached hydrogen (secondary N) is 2. The summed E-state index contributed by atoms with van der Waals surface area (Å²) in [5, 5.41) is 8.78. The van der Waals surface area contributed by atoms with Crippen molar-refractivity contribution in [3.05, 3.63) is 47.2 Å². The number of benzene rings is 1. The van der Waals surface area contributed by atoms with Gasteiger partial charge in [-0.1, -0.05) is 22.9 Å². The van der Waals surface area contributed by atoms with Crippen molar-refractivity contribution in [2.45, 2.75) is 26.3 Å². The van der Waals surface area contributed by atoms with Gasteiger partial charge in [-0.3, -0.25) is 9.59 Å². The maximum atomic E-state index is 12.4. The van der Waals surface area contributed by atoms with Crippen LogP contribution in [0.3, 0.4) is 0 Å². The van der Waals surface area contributed by atoms with Gasteiger partial charge in [0.15, 0.2) is 12.4 Å². The molecule has 28 heavy (non-hydrogen) atoms. The summed E-state index contributed by atoms with van der Waals surface area (Å²) in [5.74, 6) is -0.141. The Bertz CT molecular complexity index is 836. The number of esters is 1. The monoisotopic (exact) mass is 405 g/mol. The Balaban J connectivity index is 1.92. The van der Waals surface area contributed by atoms with Crippen LogP contribution < -0.4 is 10.6 Å². The molecule has 9 heteroatoms. The molecule has 2 rings (SSSR count). The zero-order chi connectivity index (χ0) is 20.5. The number of aromatic nitrogens is 1. The first-order chi connectivity index (χ1) is 13.4. The Morgan fingerprint density at radius 2 is 2.04 bits per heavy atom. The molecule has 150 valence electrons. The smallest absolute Gasteiger partial charge is 0.329 e. The Labute approximate surface area is 167 Å². The molecule has 0 saturated carbocycles. The van der Waals surface area contributed by atoms with Crippen molar-refractivity contribution in [1.29, 1.82) is 0 Å². The number of carbonyl (C=O) groups is 3. The van der Waals surface area contributed by atoms with Gasteiger partial charge in [-0.25, -0.2) is 4.79 Å². The van der Waals surface area contributed by atoms with Gasteiger partial charge in [-0.05, 0) is 44.4 Å². The van der Waals surface area contributed by atoms with Gasteiger partial charge < -0.3 is 19.9 Å². The summed E-state index contributed by atoms with van der Waals surface area (Å²) < 4.78 is 9.91. The van der Waals surface area contributed by atoms with Crippen molar-refractivity contribution in [2.75, 3.05) is 23.9 Å². The fourth-order valence-corrected chi connectivity index (χ4v) is 2.83. The summed E-state index contributed by atoms with van der Waals surface area (Å²) in [5.41, 5.74) is 1.40. The van der Waals surface area contributed by atoms with Crippen molar-refractivity contribution in [3.8, 4) is 0 Å². The lowest BCUT2D eigenvalue weighted by molar-refractivity contribution is -0.149. The van der Waals surface area contributed by atoms with Crippen LogP contribution in [-0.2, 0) is 14.3 Å². The van der Waals surface area contributed by atoms with Gasteiger partial charge in [0.2, 0.25) is 0 Å². The molecule has 0 fully saturated rings. The van der Waals surface area contributed by atoms with E-state index in [2.05, 4.69) is 15.8 Å². The molecule has 2 N–H and O–H groups in total. The fourth-order valence-electron chi connectivity index (χ4n) is 2.35. The van der Waals surface area contributed by atoms with Crippen LogP contribution in [0.15, 0.2) is 34.9 Å². The van der Waals surface area contributed by atoms with Crippen LogP contribution in [-0.4, -0.2) is 47.6 Å². The molecule has 0 aliphatic rings. The third-order valence-electron chi connectivity index (χ3n) is 3.72. The second-order valence-electron chi connectivity index (χ2n) is 6.16. The first-order valence-electron chi connectivity index (χ1n) is 8.65. The molecule has 0 aliphatic heterocycles. The molecule has 0 spiro atoms. The van der Waals surface area contributed by atoms with E-state index < -0.39 is 24.5 Å². The largest absolute Gasteiger partial charge is 0.454 e. The zero-order valence-corrected chi connectivity index (χ0v) is 16.8. The van der Waals surface area contributed by atoms with Gasteiger partial charge in [0.05, 0.1) is 0 Å². The van der Waals surface area contributed by atoms with Crippen molar-refractivity contribution < 1.29 is 23.6 Å². The van der Waals surface area contributed by atoms with Crippen molar-refractivity contribution in [2.24, 2.45) is 0 Å². The van der Waals surface area contributed by atoms with Gasteiger partial charge in [0, 0.05) is 11.6 Å². The summed E-state index contributed by atoms with van der Waals surface area (Å²) in [4.78, 5) is 36.7. The van der Waals surface area contributed by atoms with E-state index in [9.17, 15) is 14.4 Å². The normalized spacial score (nSPS) is 11.5. The second kappa shape index (κ2) is 10.5. The van der Waals surface area contributed by atoms with Crippen molar-refractivity contribution in [1.82, 2.24) is 10.5 Å². The minimum atomic E-state index is -0.845. The number of anilines is 1. The predicted octanol–water partition coefficient (Wildman–Crippen LogP) is 2.32. The average Bonchev–Trinajstić information content (AvgIpc) is 3.07. The first-order valence-corrected chi connectivity index (χ1v) is 10.0. The number of thioether (sulfide) groups is 1. The van der Waals surface area contributed by atoms with Crippen LogP contribution in [0.4, 0.5) is 5.82 Å². The summed E-state index contributed by atoms with van der Waals surface area (Å²) in [6.45, 7) is 3.09. The molecule has 0 bridgehead atoms. The summed E-state index contributed by atoms with van der Waals surface area (Å²) in [7, 11) is 0. The maximum Gasteiger partial charge on any atom is 0.329 e. The number of rotatable bonds is 9. The highest BCUT2D eigenvalue weighted by atomic mass is 32.2. The van der Waals surface area contributed by atoms with E-state index >= 15 is 0 Å². The van der Waals surface area contributed by atoms with Crippen LogP contribution in [0.5, 0.6) is 0 Å². The third-order valence-corrected chi connectivity index (χ3v) is 4.37. The quantitative estimate of drug-likeness (QED) is 0.616. The van der Waals surface area contributed by atoms with Crippen LogP contribution >= 0.6 is 11.8 Å². The molecular weight excluding hydrogens is 382 g/mol. The number of ether oxygens (including phenoxy) is 1. The molecule has 1 atom stereocenters. The van der Waals surface area contributed by atoms with Crippen molar-refractivity contribution >= 4 is 35.4 Å². The number of carbonyl (C=O) groups excluding carboxylic acids is 3. The van der Waals surface area contributed by atoms with Gasteiger partial charge in [-0.2, -0.15) is 11.8 Å². The Morgan fingerprint density at radius 1 is 1.25 bits per heavy atom. The lowest BCUT2D eigenvalue weighted by Gasteiger charge is -2.17. The Kier molecular flexibility index (Phi) is 8.06. The molecule has 1 aromatic carbocycles. The second-order valence-corrected chi connectivity index (χ2v) is 7.14. The molecule has 1 aromatic heterocycles. The predicted molar refractivity (Wildman–Crippen MR) is 106 cm³/mol.